The minimum atomic E-state index is -3.73. The van der Waals surface area contributed by atoms with Crippen LogP contribution >= 0.6 is 0 Å². The molecule has 0 atom stereocenters. The molecule has 1 aromatic carbocycles. The SMILES string of the molecule is COc1ccc(S(=O)(=O)N(CCO)C(C)C)c(N)c1. The Balaban J connectivity index is 3.25. The molecule has 108 valence electrons. The molecule has 0 saturated carbocycles. The van der Waals surface area contributed by atoms with Crippen molar-refractivity contribution in [3.05, 3.63) is 18.2 Å². The number of methoxy groups -OCH3 is 1. The Kier molecular flexibility index (Phi) is 5.16. The van der Waals surface area contributed by atoms with E-state index < -0.39 is 10.0 Å². The summed E-state index contributed by atoms with van der Waals surface area (Å²) in [5.74, 6) is 0.495. The number of hydrogen-bond donors (Lipinski definition) is 2. The van der Waals surface area contributed by atoms with Crippen molar-refractivity contribution in [2.75, 3.05) is 26.0 Å². The summed E-state index contributed by atoms with van der Waals surface area (Å²) in [6, 6.07) is 4.15. The second-order valence-electron chi connectivity index (χ2n) is 4.34. The van der Waals surface area contributed by atoms with Crippen LogP contribution in [0.2, 0.25) is 0 Å². The molecule has 0 saturated heterocycles. The average molecular weight is 288 g/mol. The number of hydrogen-bond acceptors (Lipinski definition) is 5. The molecule has 0 fully saturated rings. The van der Waals surface area contributed by atoms with Crippen molar-refractivity contribution < 1.29 is 18.3 Å². The summed E-state index contributed by atoms with van der Waals surface area (Å²) in [6.45, 7) is 3.28. The molecular weight excluding hydrogens is 268 g/mol. The number of nitrogens with zero attached hydrogens (tertiary/aromatic N) is 1. The number of nitrogen functional groups attached to an aromatic ring is 1. The maximum Gasteiger partial charge on any atom is 0.245 e. The topological polar surface area (TPSA) is 92.9 Å². The van der Waals surface area contributed by atoms with Crippen LogP contribution in [-0.2, 0) is 10.0 Å². The maximum atomic E-state index is 12.5. The van der Waals surface area contributed by atoms with Gasteiger partial charge < -0.3 is 15.6 Å². The van der Waals surface area contributed by atoms with E-state index in [0.717, 1.165) is 0 Å². The molecule has 7 heteroatoms. The molecule has 1 rings (SSSR count). The van der Waals surface area contributed by atoms with Crippen LogP contribution in [0.4, 0.5) is 5.69 Å². The molecule has 19 heavy (non-hydrogen) atoms. The largest absolute Gasteiger partial charge is 0.497 e. The quantitative estimate of drug-likeness (QED) is 0.750. The first kappa shape index (κ1) is 15.7. The Labute approximate surface area is 113 Å². The normalized spacial score (nSPS) is 12.1. The fraction of sp³-hybridized carbons (Fsp3) is 0.500. The number of nitrogens with two attached hydrogens (primary N) is 1. The summed E-state index contributed by atoms with van der Waals surface area (Å²) in [6.07, 6.45) is 0. The molecule has 0 unspecified atom stereocenters. The molecule has 0 radical (unpaired) electrons. The summed E-state index contributed by atoms with van der Waals surface area (Å²) in [5.41, 5.74) is 5.90. The van der Waals surface area contributed by atoms with Crippen LogP contribution in [-0.4, -0.2) is 44.1 Å². The van der Waals surface area contributed by atoms with Crippen LogP contribution in [0.25, 0.3) is 0 Å². The predicted molar refractivity (Wildman–Crippen MR) is 73.5 cm³/mol. The first-order chi connectivity index (χ1) is 8.84. The van der Waals surface area contributed by atoms with E-state index in [-0.39, 0.29) is 29.8 Å². The van der Waals surface area contributed by atoms with Crippen molar-refractivity contribution >= 4 is 15.7 Å². The van der Waals surface area contributed by atoms with E-state index >= 15 is 0 Å². The second-order valence-corrected chi connectivity index (χ2v) is 6.20. The van der Waals surface area contributed by atoms with E-state index in [1.807, 2.05) is 0 Å². The van der Waals surface area contributed by atoms with E-state index in [4.69, 9.17) is 15.6 Å². The van der Waals surface area contributed by atoms with Gasteiger partial charge in [-0.15, -0.1) is 0 Å². The van der Waals surface area contributed by atoms with Gasteiger partial charge in [-0.1, -0.05) is 0 Å². The van der Waals surface area contributed by atoms with Crippen molar-refractivity contribution in [3.63, 3.8) is 0 Å². The highest BCUT2D eigenvalue weighted by Gasteiger charge is 2.28. The first-order valence-corrected chi connectivity index (χ1v) is 7.34. The second kappa shape index (κ2) is 6.23. The summed E-state index contributed by atoms with van der Waals surface area (Å²) >= 11 is 0. The van der Waals surface area contributed by atoms with Crippen molar-refractivity contribution in [3.8, 4) is 5.75 Å². The highest BCUT2D eigenvalue weighted by Crippen LogP contribution is 2.27. The smallest absolute Gasteiger partial charge is 0.245 e. The van der Waals surface area contributed by atoms with Crippen LogP contribution in [0.1, 0.15) is 13.8 Å². The lowest BCUT2D eigenvalue weighted by Crippen LogP contribution is -2.39. The van der Waals surface area contributed by atoms with Gasteiger partial charge in [-0.3, -0.25) is 0 Å². The van der Waals surface area contributed by atoms with E-state index in [1.54, 1.807) is 19.9 Å². The van der Waals surface area contributed by atoms with Crippen LogP contribution in [0.5, 0.6) is 5.75 Å². The van der Waals surface area contributed by atoms with Gasteiger partial charge in [0.2, 0.25) is 10.0 Å². The Morgan fingerprint density at radius 2 is 2.05 bits per heavy atom. The van der Waals surface area contributed by atoms with Gasteiger partial charge in [-0.25, -0.2) is 8.42 Å². The van der Waals surface area contributed by atoms with Crippen LogP contribution < -0.4 is 10.5 Å². The Morgan fingerprint density at radius 3 is 2.47 bits per heavy atom. The van der Waals surface area contributed by atoms with E-state index in [9.17, 15) is 8.42 Å². The number of aliphatic hydroxyl groups is 1. The van der Waals surface area contributed by atoms with Crippen LogP contribution in [0.3, 0.4) is 0 Å². The van der Waals surface area contributed by atoms with Gasteiger partial charge in [-0.05, 0) is 26.0 Å². The Bertz CT molecular complexity index is 529. The zero-order valence-electron chi connectivity index (χ0n) is 11.3. The molecule has 0 spiro atoms. The molecule has 0 aromatic heterocycles. The van der Waals surface area contributed by atoms with Crippen LogP contribution in [0, 0.1) is 0 Å². The van der Waals surface area contributed by atoms with E-state index in [1.165, 1.54) is 23.5 Å². The van der Waals surface area contributed by atoms with Crippen molar-refractivity contribution in [2.45, 2.75) is 24.8 Å². The Hall–Kier alpha value is -1.31. The fourth-order valence-corrected chi connectivity index (χ4v) is 3.50. The highest BCUT2D eigenvalue weighted by atomic mass is 32.2. The highest BCUT2D eigenvalue weighted by molar-refractivity contribution is 7.89. The third-order valence-corrected chi connectivity index (χ3v) is 4.85. The number of aliphatic hydroxyl groups excluding tert-OH is 1. The summed E-state index contributed by atoms with van der Waals surface area (Å²) in [5, 5.41) is 8.99. The number of rotatable bonds is 6. The summed E-state index contributed by atoms with van der Waals surface area (Å²) in [7, 11) is -2.24. The third kappa shape index (κ3) is 3.37. The first-order valence-electron chi connectivity index (χ1n) is 5.90. The van der Waals surface area contributed by atoms with E-state index in [0.29, 0.717) is 5.75 Å². The van der Waals surface area contributed by atoms with Crippen molar-refractivity contribution in [1.82, 2.24) is 4.31 Å². The molecule has 1 aromatic rings. The van der Waals surface area contributed by atoms with Gasteiger partial charge in [0.25, 0.3) is 0 Å². The monoisotopic (exact) mass is 288 g/mol. The van der Waals surface area contributed by atoms with Crippen molar-refractivity contribution in [2.24, 2.45) is 0 Å². The molecule has 0 bridgehead atoms. The number of benzene rings is 1. The zero-order valence-corrected chi connectivity index (χ0v) is 12.1. The Morgan fingerprint density at radius 1 is 1.42 bits per heavy atom. The molecule has 0 aliphatic rings. The number of anilines is 1. The lowest BCUT2D eigenvalue weighted by molar-refractivity contribution is 0.236. The summed E-state index contributed by atoms with van der Waals surface area (Å²) in [4.78, 5) is 0.0236. The zero-order chi connectivity index (χ0) is 14.6. The maximum absolute atomic E-state index is 12.5. The average Bonchev–Trinajstić information content (AvgIpc) is 2.34. The van der Waals surface area contributed by atoms with E-state index in [2.05, 4.69) is 0 Å². The van der Waals surface area contributed by atoms with Crippen LogP contribution in [0.15, 0.2) is 23.1 Å². The molecule has 6 nitrogen and oxygen atoms in total. The molecule has 0 heterocycles. The van der Waals surface area contributed by atoms with Gasteiger partial charge in [0.05, 0.1) is 19.4 Å². The number of ether oxygens (including phenoxy) is 1. The van der Waals surface area contributed by atoms with Gasteiger partial charge in [0, 0.05) is 18.7 Å². The van der Waals surface area contributed by atoms with Gasteiger partial charge in [0.1, 0.15) is 10.6 Å². The molecule has 3 N–H and O–H groups in total. The van der Waals surface area contributed by atoms with Gasteiger partial charge in [-0.2, -0.15) is 4.31 Å². The fourth-order valence-electron chi connectivity index (χ4n) is 1.77. The minimum Gasteiger partial charge on any atom is -0.497 e. The molecule has 0 amide bonds. The predicted octanol–water partition coefficient (Wildman–Crippen LogP) is 0.669. The van der Waals surface area contributed by atoms with Crippen molar-refractivity contribution in [1.29, 1.82) is 0 Å². The number of sulfonamides is 1. The standard InChI is InChI=1S/C12H20N2O4S/c1-9(2)14(6-7-15)19(16,17)12-5-4-10(18-3)8-11(12)13/h4-5,8-9,15H,6-7,13H2,1-3H3. The third-order valence-electron chi connectivity index (χ3n) is 2.70. The summed E-state index contributed by atoms with van der Waals surface area (Å²) < 4.78 is 31.2. The van der Waals surface area contributed by atoms with Gasteiger partial charge in [0.15, 0.2) is 0 Å². The lowest BCUT2D eigenvalue weighted by Gasteiger charge is -2.25. The molecular formula is C12H20N2O4S. The minimum absolute atomic E-state index is 0.0236. The molecule has 0 aliphatic carbocycles. The van der Waals surface area contributed by atoms with Gasteiger partial charge >= 0.3 is 0 Å². The molecule has 0 aliphatic heterocycles. The lowest BCUT2D eigenvalue weighted by atomic mass is 10.3.